The average molecular weight is 189 g/mol. The van der Waals surface area contributed by atoms with E-state index in [0.717, 1.165) is 6.92 Å². The van der Waals surface area contributed by atoms with Crippen LogP contribution in [0.4, 0.5) is 14.5 Å². The Kier molecular flexibility index (Phi) is 2.14. The zero-order valence-corrected chi connectivity index (χ0v) is 6.54. The number of nitro benzene ring substituents is 1. The van der Waals surface area contributed by atoms with Gasteiger partial charge < -0.3 is 5.11 Å². The molecule has 0 aliphatic carbocycles. The summed E-state index contributed by atoms with van der Waals surface area (Å²) in [4.78, 5) is 9.31. The number of hydrogen-bond donors (Lipinski definition) is 1. The Hall–Kier alpha value is -1.72. The molecule has 0 radical (unpaired) electrons. The molecule has 0 aliphatic rings. The fourth-order valence-electron chi connectivity index (χ4n) is 0.881. The number of nitrogens with zero attached hydrogens (tertiary/aromatic N) is 1. The van der Waals surface area contributed by atoms with Crippen LogP contribution in [-0.2, 0) is 0 Å². The van der Waals surface area contributed by atoms with Crippen LogP contribution in [0.15, 0.2) is 6.07 Å². The van der Waals surface area contributed by atoms with E-state index >= 15 is 0 Å². The molecule has 0 aromatic heterocycles. The molecule has 0 amide bonds. The van der Waals surface area contributed by atoms with Crippen molar-refractivity contribution in [2.24, 2.45) is 0 Å². The van der Waals surface area contributed by atoms with E-state index in [1.54, 1.807) is 0 Å². The smallest absolute Gasteiger partial charge is 0.278 e. The van der Waals surface area contributed by atoms with Gasteiger partial charge in [-0.2, -0.15) is 0 Å². The van der Waals surface area contributed by atoms with Gasteiger partial charge in [0.25, 0.3) is 5.69 Å². The highest BCUT2D eigenvalue weighted by Gasteiger charge is 2.21. The molecule has 0 aliphatic heterocycles. The van der Waals surface area contributed by atoms with Gasteiger partial charge in [-0.15, -0.1) is 0 Å². The molecule has 0 atom stereocenters. The third-order valence-corrected chi connectivity index (χ3v) is 1.61. The number of benzene rings is 1. The van der Waals surface area contributed by atoms with Crippen molar-refractivity contribution in [2.45, 2.75) is 6.92 Å². The van der Waals surface area contributed by atoms with Crippen LogP contribution in [0, 0.1) is 28.7 Å². The van der Waals surface area contributed by atoms with Gasteiger partial charge in [-0.05, 0) is 6.92 Å². The zero-order chi connectivity index (χ0) is 10.2. The van der Waals surface area contributed by atoms with E-state index in [4.69, 9.17) is 5.11 Å². The van der Waals surface area contributed by atoms with E-state index in [9.17, 15) is 18.9 Å². The molecule has 0 spiro atoms. The van der Waals surface area contributed by atoms with Crippen LogP contribution < -0.4 is 0 Å². The van der Waals surface area contributed by atoms with E-state index in [-0.39, 0.29) is 5.56 Å². The first-order valence-electron chi connectivity index (χ1n) is 3.27. The fraction of sp³-hybridized carbons (Fsp3) is 0.143. The van der Waals surface area contributed by atoms with Crippen LogP contribution >= 0.6 is 0 Å². The molecule has 0 heterocycles. The number of nitro groups is 1. The van der Waals surface area contributed by atoms with Crippen molar-refractivity contribution in [3.63, 3.8) is 0 Å². The molecule has 0 fully saturated rings. The quantitative estimate of drug-likeness (QED) is 0.541. The minimum Gasteiger partial charge on any atom is -0.503 e. The first-order valence-corrected chi connectivity index (χ1v) is 3.27. The lowest BCUT2D eigenvalue weighted by atomic mass is 10.1. The number of hydrogen-bond acceptors (Lipinski definition) is 3. The molecule has 13 heavy (non-hydrogen) atoms. The summed E-state index contributed by atoms with van der Waals surface area (Å²) in [6.45, 7) is 1.09. The van der Waals surface area contributed by atoms with Crippen molar-refractivity contribution in [1.82, 2.24) is 0 Å². The number of rotatable bonds is 1. The Balaban J connectivity index is 3.50. The Bertz CT molecular complexity index is 378. The predicted molar refractivity (Wildman–Crippen MR) is 39.4 cm³/mol. The topological polar surface area (TPSA) is 63.4 Å². The van der Waals surface area contributed by atoms with Gasteiger partial charge >= 0.3 is 0 Å². The van der Waals surface area contributed by atoms with E-state index in [1.165, 1.54) is 0 Å². The summed E-state index contributed by atoms with van der Waals surface area (Å²) in [6, 6.07) is 0.480. The molecule has 1 aromatic carbocycles. The Morgan fingerprint density at radius 3 is 2.54 bits per heavy atom. The second kappa shape index (κ2) is 2.96. The zero-order valence-electron chi connectivity index (χ0n) is 6.54. The number of halogens is 2. The van der Waals surface area contributed by atoms with Gasteiger partial charge in [-0.25, -0.2) is 8.78 Å². The molecule has 70 valence electrons. The molecule has 6 heteroatoms. The Labute approximate surface area is 71.6 Å². The van der Waals surface area contributed by atoms with Gasteiger partial charge in [0, 0.05) is 0 Å². The number of phenolic OH excluding ortho intramolecular Hbond substituents is 1. The molecular weight excluding hydrogens is 184 g/mol. The monoisotopic (exact) mass is 189 g/mol. The lowest BCUT2D eigenvalue weighted by molar-refractivity contribution is -0.385. The molecule has 4 nitrogen and oxygen atoms in total. The SMILES string of the molecule is Cc1c([N+](=O)[O-])cc(F)c(O)c1F. The van der Waals surface area contributed by atoms with E-state index in [2.05, 4.69) is 0 Å². The standard InChI is InChI=1S/C7H5F2NO3/c1-3-5(10(12)13)2-4(8)7(11)6(3)9/h2,11H,1H3. The number of phenols is 1. The summed E-state index contributed by atoms with van der Waals surface area (Å²) in [6.07, 6.45) is 0. The summed E-state index contributed by atoms with van der Waals surface area (Å²) in [5.74, 6) is -3.83. The van der Waals surface area contributed by atoms with Crippen molar-refractivity contribution >= 4 is 5.69 Å². The molecule has 0 saturated heterocycles. The average Bonchev–Trinajstić information content (AvgIpc) is 2.07. The van der Waals surface area contributed by atoms with Crippen LogP contribution in [-0.4, -0.2) is 10.0 Å². The van der Waals surface area contributed by atoms with Crippen LogP contribution in [0.25, 0.3) is 0 Å². The summed E-state index contributed by atoms with van der Waals surface area (Å²) in [5, 5.41) is 18.9. The highest BCUT2D eigenvalue weighted by atomic mass is 19.1. The highest BCUT2D eigenvalue weighted by Crippen LogP contribution is 2.29. The minimum atomic E-state index is -1.34. The third kappa shape index (κ3) is 1.42. The van der Waals surface area contributed by atoms with Gasteiger partial charge in [-0.1, -0.05) is 0 Å². The number of aromatic hydroxyl groups is 1. The van der Waals surface area contributed by atoms with Gasteiger partial charge in [0.15, 0.2) is 17.4 Å². The third-order valence-electron chi connectivity index (χ3n) is 1.61. The fourth-order valence-corrected chi connectivity index (χ4v) is 0.881. The maximum absolute atomic E-state index is 12.8. The van der Waals surface area contributed by atoms with Crippen LogP contribution in [0.2, 0.25) is 0 Å². The van der Waals surface area contributed by atoms with Crippen LogP contribution in [0.3, 0.4) is 0 Å². The van der Waals surface area contributed by atoms with Gasteiger partial charge in [0.1, 0.15) is 0 Å². The summed E-state index contributed by atoms with van der Waals surface area (Å²) in [5.41, 5.74) is -1.07. The lowest BCUT2D eigenvalue weighted by Gasteiger charge is -2.01. The van der Waals surface area contributed by atoms with Crippen molar-refractivity contribution in [1.29, 1.82) is 0 Å². The Morgan fingerprint density at radius 2 is 2.08 bits per heavy atom. The molecule has 0 saturated carbocycles. The van der Waals surface area contributed by atoms with Gasteiger partial charge in [-0.3, -0.25) is 10.1 Å². The van der Waals surface area contributed by atoms with Gasteiger partial charge in [0.2, 0.25) is 0 Å². The van der Waals surface area contributed by atoms with Crippen molar-refractivity contribution < 1.29 is 18.8 Å². The molecule has 1 N–H and O–H groups in total. The maximum atomic E-state index is 12.8. The van der Waals surface area contributed by atoms with E-state index in [0.29, 0.717) is 6.07 Å². The van der Waals surface area contributed by atoms with Crippen molar-refractivity contribution in [3.8, 4) is 5.75 Å². The molecule has 0 unspecified atom stereocenters. The maximum Gasteiger partial charge on any atom is 0.278 e. The molecule has 0 bridgehead atoms. The largest absolute Gasteiger partial charge is 0.503 e. The first kappa shape index (κ1) is 9.37. The lowest BCUT2D eigenvalue weighted by Crippen LogP contribution is -1.96. The summed E-state index contributed by atoms with van der Waals surface area (Å²) in [7, 11) is 0. The Morgan fingerprint density at radius 1 is 1.54 bits per heavy atom. The first-order chi connectivity index (χ1) is 5.95. The van der Waals surface area contributed by atoms with Crippen molar-refractivity contribution in [3.05, 3.63) is 33.4 Å². The molecular formula is C7H5F2NO3. The van der Waals surface area contributed by atoms with Crippen molar-refractivity contribution in [2.75, 3.05) is 0 Å². The van der Waals surface area contributed by atoms with Crippen LogP contribution in [0.1, 0.15) is 5.56 Å². The predicted octanol–water partition coefficient (Wildman–Crippen LogP) is 1.89. The van der Waals surface area contributed by atoms with E-state index < -0.39 is 28.0 Å². The van der Waals surface area contributed by atoms with Gasteiger partial charge in [0.05, 0.1) is 16.6 Å². The van der Waals surface area contributed by atoms with Crippen LogP contribution in [0.5, 0.6) is 5.75 Å². The summed E-state index contributed by atoms with van der Waals surface area (Å²) < 4.78 is 25.4. The summed E-state index contributed by atoms with van der Waals surface area (Å²) >= 11 is 0. The molecule has 1 rings (SSSR count). The molecule has 1 aromatic rings. The second-order valence-electron chi connectivity index (χ2n) is 2.42. The normalized spacial score (nSPS) is 10.1. The van der Waals surface area contributed by atoms with E-state index in [1.807, 2.05) is 0 Å². The second-order valence-corrected chi connectivity index (χ2v) is 2.42. The minimum absolute atomic E-state index is 0.385. The highest BCUT2D eigenvalue weighted by molar-refractivity contribution is 5.46.